The van der Waals surface area contributed by atoms with Crippen LogP contribution < -0.4 is 0 Å². The van der Waals surface area contributed by atoms with E-state index < -0.39 is 0 Å². The van der Waals surface area contributed by atoms with Gasteiger partial charge in [0.05, 0.1) is 6.10 Å². The summed E-state index contributed by atoms with van der Waals surface area (Å²) in [5.74, 6) is 0. The van der Waals surface area contributed by atoms with Crippen LogP contribution in [0.25, 0.3) is 6.08 Å². The van der Waals surface area contributed by atoms with Gasteiger partial charge < -0.3 is 5.11 Å². The monoisotopic (exact) mass is 168 g/mol. The van der Waals surface area contributed by atoms with E-state index in [-0.39, 0.29) is 6.10 Å². The Morgan fingerprint density at radius 2 is 2.45 bits per heavy atom. The van der Waals surface area contributed by atoms with Crippen LogP contribution in [0.15, 0.2) is 23.1 Å². The molecule has 1 unspecified atom stereocenters. The van der Waals surface area contributed by atoms with Crippen LogP contribution in [0.5, 0.6) is 0 Å². The Bertz CT molecular complexity index is 234. The second-order valence-corrected chi connectivity index (χ2v) is 3.56. The van der Waals surface area contributed by atoms with Crippen molar-refractivity contribution in [3.8, 4) is 0 Å². The highest BCUT2D eigenvalue weighted by molar-refractivity contribution is 7.10. The molecule has 1 aromatic rings. The fourth-order valence-electron chi connectivity index (χ4n) is 0.718. The SMILES string of the molecule is C/C(=C\c1cccs1)C(C)O. The van der Waals surface area contributed by atoms with Gasteiger partial charge in [-0.25, -0.2) is 0 Å². The van der Waals surface area contributed by atoms with Gasteiger partial charge in [-0.2, -0.15) is 0 Å². The molecule has 1 nitrogen and oxygen atoms in total. The maximum atomic E-state index is 9.16. The van der Waals surface area contributed by atoms with Crippen molar-refractivity contribution in [3.63, 3.8) is 0 Å². The predicted octanol–water partition coefficient (Wildman–Crippen LogP) is 2.53. The van der Waals surface area contributed by atoms with Gasteiger partial charge in [-0.1, -0.05) is 6.07 Å². The second kappa shape index (κ2) is 3.69. The maximum absolute atomic E-state index is 9.16. The number of aliphatic hydroxyl groups is 1. The molecular formula is C9H12OS. The predicted molar refractivity (Wildman–Crippen MR) is 49.7 cm³/mol. The van der Waals surface area contributed by atoms with Crippen LogP contribution >= 0.6 is 11.3 Å². The molecule has 1 atom stereocenters. The van der Waals surface area contributed by atoms with Crippen LogP contribution in [0.1, 0.15) is 18.7 Å². The molecule has 11 heavy (non-hydrogen) atoms. The third kappa shape index (κ3) is 2.48. The first-order valence-electron chi connectivity index (χ1n) is 3.60. The molecule has 0 aliphatic rings. The maximum Gasteiger partial charge on any atom is 0.0722 e. The smallest absolute Gasteiger partial charge is 0.0722 e. The molecule has 0 amide bonds. The van der Waals surface area contributed by atoms with Gasteiger partial charge >= 0.3 is 0 Å². The first kappa shape index (κ1) is 8.50. The molecule has 0 aliphatic heterocycles. The summed E-state index contributed by atoms with van der Waals surface area (Å²) in [5, 5.41) is 11.2. The molecule has 1 heterocycles. The third-order valence-corrected chi connectivity index (χ3v) is 2.39. The summed E-state index contributed by atoms with van der Waals surface area (Å²) >= 11 is 1.68. The molecule has 0 aliphatic carbocycles. The summed E-state index contributed by atoms with van der Waals surface area (Å²) in [6.07, 6.45) is 1.67. The van der Waals surface area contributed by atoms with E-state index in [1.807, 2.05) is 30.5 Å². The first-order chi connectivity index (χ1) is 5.20. The van der Waals surface area contributed by atoms with Crippen LogP contribution in [0.3, 0.4) is 0 Å². The van der Waals surface area contributed by atoms with Gasteiger partial charge in [-0.05, 0) is 36.9 Å². The topological polar surface area (TPSA) is 20.2 Å². The minimum absolute atomic E-state index is 0.336. The zero-order valence-electron chi connectivity index (χ0n) is 6.74. The standard InChI is InChI=1S/C9H12OS/c1-7(8(2)10)6-9-4-3-5-11-9/h3-6,8,10H,1-2H3/b7-6+. The van der Waals surface area contributed by atoms with Crippen molar-refractivity contribution < 1.29 is 5.11 Å². The summed E-state index contributed by atoms with van der Waals surface area (Å²) in [6, 6.07) is 4.04. The van der Waals surface area contributed by atoms with Crippen LogP contribution in [0.2, 0.25) is 0 Å². The molecule has 60 valence electrons. The third-order valence-electron chi connectivity index (χ3n) is 1.57. The largest absolute Gasteiger partial charge is 0.389 e. The summed E-state index contributed by atoms with van der Waals surface area (Å²) in [4.78, 5) is 1.20. The highest BCUT2D eigenvalue weighted by Gasteiger charge is 1.97. The van der Waals surface area contributed by atoms with Gasteiger partial charge in [-0.3, -0.25) is 0 Å². The summed E-state index contributed by atoms with van der Waals surface area (Å²) in [6.45, 7) is 3.71. The minimum atomic E-state index is -0.336. The molecule has 2 heteroatoms. The lowest BCUT2D eigenvalue weighted by atomic mass is 10.2. The molecule has 0 spiro atoms. The molecule has 0 radical (unpaired) electrons. The number of rotatable bonds is 2. The molecule has 0 fully saturated rings. The lowest BCUT2D eigenvalue weighted by Gasteiger charge is -2.01. The molecule has 0 bridgehead atoms. The van der Waals surface area contributed by atoms with Gasteiger partial charge in [0.2, 0.25) is 0 Å². The minimum Gasteiger partial charge on any atom is -0.389 e. The van der Waals surface area contributed by atoms with E-state index in [1.54, 1.807) is 18.3 Å². The van der Waals surface area contributed by atoms with Crippen LogP contribution in [0.4, 0.5) is 0 Å². The lowest BCUT2D eigenvalue weighted by molar-refractivity contribution is 0.232. The van der Waals surface area contributed by atoms with Crippen molar-refractivity contribution in [2.45, 2.75) is 20.0 Å². The van der Waals surface area contributed by atoms with E-state index in [1.165, 1.54) is 4.88 Å². The Balaban J connectivity index is 2.74. The van der Waals surface area contributed by atoms with E-state index in [0.29, 0.717) is 0 Å². The first-order valence-corrected chi connectivity index (χ1v) is 4.48. The van der Waals surface area contributed by atoms with E-state index in [4.69, 9.17) is 5.11 Å². The van der Waals surface area contributed by atoms with E-state index in [2.05, 4.69) is 0 Å². The van der Waals surface area contributed by atoms with E-state index >= 15 is 0 Å². The fourth-order valence-corrected chi connectivity index (χ4v) is 1.44. The Morgan fingerprint density at radius 1 is 1.73 bits per heavy atom. The van der Waals surface area contributed by atoms with Crippen LogP contribution in [-0.4, -0.2) is 11.2 Å². The zero-order valence-corrected chi connectivity index (χ0v) is 7.56. The lowest BCUT2D eigenvalue weighted by Crippen LogP contribution is -1.99. The molecule has 1 N–H and O–H groups in total. The Hall–Kier alpha value is -0.600. The highest BCUT2D eigenvalue weighted by atomic mass is 32.1. The highest BCUT2D eigenvalue weighted by Crippen LogP contribution is 2.14. The quantitative estimate of drug-likeness (QED) is 0.719. The fraction of sp³-hybridized carbons (Fsp3) is 0.333. The molecular weight excluding hydrogens is 156 g/mol. The Kier molecular flexibility index (Phi) is 2.85. The number of thiophene rings is 1. The molecule has 0 saturated carbocycles. The van der Waals surface area contributed by atoms with E-state index in [0.717, 1.165) is 5.57 Å². The molecule has 1 rings (SSSR count). The second-order valence-electron chi connectivity index (χ2n) is 2.58. The molecule has 0 aromatic carbocycles. The summed E-state index contributed by atoms with van der Waals surface area (Å²) in [7, 11) is 0. The number of hydrogen-bond acceptors (Lipinski definition) is 2. The summed E-state index contributed by atoms with van der Waals surface area (Å²) in [5.41, 5.74) is 1.01. The van der Waals surface area contributed by atoms with Crippen molar-refractivity contribution in [1.29, 1.82) is 0 Å². The van der Waals surface area contributed by atoms with Gasteiger partial charge in [0.15, 0.2) is 0 Å². The van der Waals surface area contributed by atoms with Crippen LogP contribution in [0, 0.1) is 0 Å². The number of aliphatic hydroxyl groups excluding tert-OH is 1. The zero-order chi connectivity index (χ0) is 8.27. The van der Waals surface area contributed by atoms with Crippen LogP contribution in [-0.2, 0) is 0 Å². The Labute approximate surface area is 71.0 Å². The van der Waals surface area contributed by atoms with Crippen molar-refractivity contribution in [1.82, 2.24) is 0 Å². The van der Waals surface area contributed by atoms with Gasteiger partial charge in [-0.15, -0.1) is 11.3 Å². The van der Waals surface area contributed by atoms with E-state index in [9.17, 15) is 0 Å². The average Bonchev–Trinajstić information content (AvgIpc) is 2.39. The van der Waals surface area contributed by atoms with Crippen molar-refractivity contribution in [2.24, 2.45) is 0 Å². The normalized spacial score (nSPS) is 15.0. The molecule has 0 saturated heterocycles. The van der Waals surface area contributed by atoms with Gasteiger partial charge in [0, 0.05) is 4.88 Å². The Morgan fingerprint density at radius 3 is 2.91 bits per heavy atom. The number of hydrogen-bond donors (Lipinski definition) is 1. The average molecular weight is 168 g/mol. The van der Waals surface area contributed by atoms with Gasteiger partial charge in [0.25, 0.3) is 0 Å². The van der Waals surface area contributed by atoms with Crippen molar-refractivity contribution in [3.05, 3.63) is 28.0 Å². The van der Waals surface area contributed by atoms with Crippen molar-refractivity contribution in [2.75, 3.05) is 0 Å². The summed E-state index contributed by atoms with van der Waals surface area (Å²) < 4.78 is 0. The van der Waals surface area contributed by atoms with Crippen molar-refractivity contribution >= 4 is 17.4 Å². The van der Waals surface area contributed by atoms with Gasteiger partial charge in [0.1, 0.15) is 0 Å². The molecule has 1 aromatic heterocycles.